The van der Waals surface area contributed by atoms with Gasteiger partial charge in [-0.3, -0.25) is 4.99 Å². The fourth-order valence-corrected chi connectivity index (χ4v) is 3.89. The number of nitrogens with zero attached hydrogens (tertiary/aromatic N) is 3. The first-order chi connectivity index (χ1) is 12.2. The molecular formula is C17H23IN6S2. The summed E-state index contributed by atoms with van der Waals surface area (Å²) >= 11 is 3.36. The molecule has 0 amide bonds. The maximum Gasteiger partial charge on any atom is 0.191 e. The number of nitrogens with one attached hydrogen (secondary N) is 3. The first-order valence-corrected chi connectivity index (χ1v) is 9.89. The highest BCUT2D eigenvalue weighted by Crippen LogP contribution is 2.24. The number of aliphatic imine (C=N–C) groups is 1. The number of hydrogen-bond donors (Lipinski definition) is 3. The van der Waals surface area contributed by atoms with Gasteiger partial charge in [0.05, 0.1) is 20.9 Å². The van der Waals surface area contributed by atoms with Crippen LogP contribution in [0.25, 0.3) is 10.2 Å². The Labute approximate surface area is 178 Å². The van der Waals surface area contributed by atoms with Crippen molar-refractivity contribution in [2.45, 2.75) is 13.3 Å². The van der Waals surface area contributed by atoms with Crippen LogP contribution >= 0.6 is 46.7 Å². The molecule has 0 aliphatic rings. The van der Waals surface area contributed by atoms with Crippen molar-refractivity contribution in [2.24, 2.45) is 4.99 Å². The van der Waals surface area contributed by atoms with Crippen molar-refractivity contribution in [1.82, 2.24) is 20.6 Å². The summed E-state index contributed by atoms with van der Waals surface area (Å²) in [5.41, 5.74) is 2.17. The minimum atomic E-state index is 0. The lowest BCUT2D eigenvalue weighted by Gasteiger charge is -2.11. The predicted octanol–water partition coefficient (Wildman–Crippen LogP) is 3.50. The van der Waals surface area contributed by atoms with E-state index < -0.39 is 0 Å². The van der Waals surface area contributed by atoms with Crippen molar-refractivity contribution >= 4 is 68.0 Å². The van der Waals surface area contributed by atoms with Gasteiger partial charge in [-0.15, -0.1) is 35.3 Å². The van der Waals surface area contributed by atoms with Crippen LogP contribution in [0.3, 0.4) is 0 Å². The van der Waals surface area contributed by atoms with E-state index in [-0.39, 0.29) is 24.0 Å². The molecule has 3 aromatic rings. The van der Waals surface area contributed by atoms with E-state index in [4.69, 9.17) is 0 Å². The molecule has 2 heterocycles. The van der Waals surface area contributed by atoms with E-state index >= 15 is 0 Å². The molecule has 0 fully saturated rings. The third kappa shape index (κ3) is 6.06. The van der Waals surface area contributed by atoms with Gasteiger partial charge in [0.2, 0.25) is 0 Å². The summed E-state index contributed by atoms with van der Waals surface area (Å²) in [6, 6.07) is 8.17. The highest BCUT2D eigenvalue weighted by Gasteiger charge is 2.03. The van der Waals surface area contributed by atoms with Gasteiger partial charge in [0.25, 0.3) is 0 Å². The van der Waals surface area contributed by atoms with Gasteiger partial charge in [-0.1, -0.05) is 23.5 Å². The Morgan fingerprint density at radius 1 is 1.12 bits per heavy atom. The first kappa shape index (κ1) is 20.8. The SMILES string of the molecule is CN=C(NCCNc1nc2ccccc2s1)NCCc1csc(C)n1.I. The average Bonchev–Trinajstić information content (AvgIpc) is 3.22. The van der Waals surface area contributed by atoms with E-state index in [9.17, 15) is 0 Å². The number of guanidine groups is 1. The van der Waals surface area contributed by atoms with Crippen LogP contribution in [0.4, 0.5) is 5.13 Å². The molecule has 0 unspecified atom stereocenters. The molecule has 2 aromatic heterocycles. The Morgan fingerprint density at radius 3 is 2.65 bits per heavy atom. The monoisotopic (exact) mass is 502 g/mol. The molecule has 0 aliphatic heterocycles. The Bertz CT molecular complexity index is 812. The van der Waals surface area contributed by atoms with Crippen LogP contribution in [0.2, 0.25) is 0 Å². The van der Waals surface area contributed by atoms with E-state index in [2.05, 4.69) is 42.4 Å². The van der Waals surface area contributed by atoms with E-state index in [1.807, 2.05) is 25.1 Å². The summed E-state index contributed by atoms with van der Waals surface area (Å²) in [5, 5.41) is 14.1. The number of benzene rings is 1. The van der Waals surface area contributed by atoms with E-state index in [1.165, 1.54) is 4.70 Å². The third-order valence-electron chi connectivity index (χ3n) is 3.55. The third-order valence-corrected chi connectivity index (χ3v) is 5.37. The van der Waals surface area contributed by atoms with Gasteiger partial charge >= 0.3 is 0 Å². The molecular weight excluding hydrogens is 479 g/mol. The molecule has 1 aromatic carbocycles. The lowest BCUT2D eigenvalue weighted by molar-refractivity contribution is 0.789. The number of fused-ring (bicyclic) bond motifs is 1. The quantitative estimate of drug-likeness (QED) is 0.200. The van der Waals surface area contributed by atoms with Crippen molar-refractivity contribution in [3.8, 4) is 0 Å². The van der Waals surface area contributed by atoms with Crippen molar-refractivity contribution < 1.29 is 0 Å². The predicted molar refractivity (Wildman–Crippen MR) is 123 cm³/mol. The molecule has 3 rings (SSSR count). The van der Waals surface area contributed by atoms with E-state index in [0.29, 0.717) is 0 Å². The normalized spacial score (nSPS) is 11.2. The van der Waals surface area contributed by atoms with E-state index in [1.54, 1.807) is 29.7 Å². The summed E-state index contributed by atoms with van der Waals surface area (Å²) in [4.78, 5) is 13.3. The number of thiazole rings is 2. The smallest absolute Gasteiger partial charge is 0.191 e. The molecule has 0 atom stereocenters. The number of halogens is 1. The van der Waals surface area contributed by atoms with Crippen molar-refractivity contribution in [1.29, 1.82) is 0 Å². The molecule has 140 valence electrons. The fourth-order valence-electron chi connectivity index (χ4n) is 2.35. The highest BCUT2D eigenvalue weighted by molar-refractivity contribution is 14.0. The molecule has 6 nitrogen and oxygen atoms in total. The zero-order valence-corrected chi connectivity index (χ0v) is 18.7. The maximum absolute atomic E-state index is 4.56. The zero-order valence-electron chi connectivity index (χ0n) is 14.8. The molecule has 26 heavy (non-hydrogen) atoms. The van der Waals surface area contributed by atoms with Gasteiger partial charge < -0.3 is 16.0 Å². The van der Waals surface area contributed by atoms with Crippen LogP contribution in [-0.2, 0) is 6.42 Å². The molecule has 0 bridgehead atoms. The average molecular weight is 502 g/mol. The standard InChI is InChI=1S/C17H22N6S2.HI/c1-12-22-13(11-24-12)7-8-19-16(18-2)20-9-10-21-17-23-14-5-3-4-6-15(14)25-17;/h3-6,11H,7-10H2,1-2H3,(H,21,23)(H2,18,19,20);1H. The summed E-state index contributed by atoms with van der Waals surface area (Å²) < 4.78 is 1.20. The number of aryl methyl sites for hydroxylation is 1. The number of para-hydroxylation sites is 1. The second-order valence-corrected chi connectivity index (χ2v) is 7.54. The minimum absolute atomic E-state index is 0. The van der Waals surface area contributed by atoms with Crippen LogP contribution in [0, 0.1) is 6.92 Å². The fraction of sp³-hybridized carbons (Fsp3) is 0.353. The van der Waals surface area contributed by atoms with Gasteiger partial charge in [0.15, 0.2) is 11.1 Å². The number of anilines is 1. The lowest BCUT2D eigenvalue weighted by Crippen LogP contribution is -2.40. The molecule has 0 saturated carbocycles. The number of rotatable bonds is 7. The van der Waals surface area contributed by atoms with Crippen molar-refractivity contribution in [3.05, 3.63) is 40.3 Å². The Hall–Kier alpha value is -1.46. The summed E-state index contributed by atoms with van der Waals surface area (Å²) in [7, 11) is 1.78. The van der Waals surface area contributed by atoms with Crippen molar-refractivity contribution in [3.63, 3.8) is 0 Å². The molecule has 0 spiro atoms. The molecule has 0 aliphatic carbocycles. The number of aromatic nitrogens is 2. The van der Waals surface area contributed by atoms with E-state index in [0.717, 1.165) is 53.4 Å². The Morgan fingerprint density at radius 2 is 1.92 bits per heavy atom. The number of hydrogen-bond acceptors (Lipinski definition) is 6. The molecule has 9 heteroatoms. The summed E-state index contributed by atoms with van der Waals surface area (Å²) in [6.07, 6.45) is 0.898. The van der Waals surface area contributed by atoms with Gasteiger partial charge in [-0.2, -0.15) is 0 Å². The van der Waals surface area contributed by atoms with Gasteiger partial charge in [0, 0.05) is 38.5 Å². The second-order valence-electron chi connectivity index (χ2n) is 5.45. The summed E-state index contributed by atoms with van der Waals surface area (Å²) in [5.74, 6) is 0.804. The van der Waals surface area contributed by atoms with Crippen LogP contribution in [0.5, 0.6) is 0 Å². The van der Waals surface area contributed by atoms with Crippen molar-refractivity contribution in [2.75, 3.05) is 32.0 Å². The molecule has 0 saturated heterocycles. The first-order valence-electron chi connectivity index (χ1n) is 8.19. The zero-order chi connectivity index (χ0) is 17.5. The highest BCUT2D eigenvalue weighted by atomic mass is 127. The topological polar surface area (TPSA) is 74.2 Å². The second kappa shape index (κ2) is 10.6. The van der Waals surface area contributed by atoms with Crippen LogP contribution < -0.4 is 16.0 Å². The van der Waals surface area contributed by atoms with Crippen LogP contribution in [-0.4, -0.2) is 42.6 Å². The largest absolute Gasteiger partial charge is 0.360 e. The Kier molecular flexibility index (Phi) is 8.52. The van der Waals surface area contributed by atoms with Crippen LogP contribution in [0.15, 0.2) is 34.6 Å². The minimum Gasteiger partial charge on any atom is -0.360 e. The molecule has 0 radical (unpaired) electrons. The maximum atomic E-state index is 4.56. The lowest BCUT2D eigenvalue weighted by atomic mass is 10.3. The Balaban J connectivity index is 0.00000243. The molecule has 3 N–H and O–H groups in total. The van der Waals surface area contributed by atoms with Crippen LogP contribution in [0.1, 0.15) is 10.7 Å². The summed E-state index contributed by atoms with van der Waals surface area (Å²) in [6.45, 7) is 4.39. The van der Waals surface area contributed by atoms with Gasteiger partial charge in [0.1, 0.15) is 0 Å². The van der Waals surface area contributed by atoms with Gasteiger partial charge in [-0.05, 0) is 19.1 Å². The van der Waals surface area contributed by atoms with Gasteiger partial charge in [-0.25, -0.2) is 9.97 Å².